The fourth-order valence-electron chi connectivity index (χ4n) is 1.44. The van der Waals surface area contributed by atoms with Gasteiger partial charge in [-0.25, -0.2) is 4.39 Å². The van der Waals surface area contributed by atoms with E-state index in [2.05, 4.69) is 15.9 Å². The Morgan fingerprint density at radius 1 is 1.50 bits per heavy atom. The highest BCUT2D eigenvalue weighted by Gasteiger charge is 2.29. The maximum absolute atomic E-state index is 13.7. The second-order valence-electron chi connectivity index (χ2n) is 3.85. The predicted octanol–water partition coefficient (Wildman–Crippen LogP) is 3.27. The third-order valence-electron chi connectivity index (χ3n) is 2.26. The number of benzene rings is 1. The summed E-state index contributed by atoms with van der Waals surface area (Å²) < 4.78 is 14.6. The van der Waals surface area contributed by atoms with E-state index in [0.29, 0.717) is 0 Å². The van der Waals surface area contributed by atoms with Gasteiger partial charge in [0.2, 0.25) is 0 Å². The fourth-order valence-corrected chi connectivity index (χ4v) is 1.86. The standard InChI is InChI=1S/C11H14BrFO/c1-11(2,13)10(7-14)8-4-3-5-9(12)6-8/h3-6,10,14H,7H2,1-2H3. The Balaban J connectivity index is 3.01. The Kier molecular flexibility index (Phi) is 3.67. The molecule has 1 atom stereocenters. The number of rotatable bonds is 3. The van der Waals surface area contributed by atoms with Crippen LogP contribution in [0.2, 0.25) is 0 Å². The molecule has 0 fully saturated rings. The topological polar surface area (TPSA) is 20.2 Å². The van der Waals surface area contributed by atoms with Crippen molar-refractivity contribution in [1.29, 1.82) is 0 Å². The van der Waals surface area contributed by atoms with Crippen LogP contribution in [0.15, 0.2) is 28.7 Å². The molecule has 1 rings (SSSR count). The van der Waals surface area contributed by atoms with Crippen LogP contribution in [0.25, 0.3) is 0 Å². The smallest absolute Gasteiger partial charge is 0.114 e. The maximum Gasteiger partial charge on any atom is 0.114 e. The molecule has 14 heavy (non-hydrogen) atoms. The van der Waals surface area contributed by atoms with Gasteiger partial charge in [-0.15, -0.1) is 0 Å². The number of hydrogen-bond donors (Lipinski definition) is 1. The third kappa shape index (κ3) is 2.79. The molecule has 0 heterocycles. The lowest BCUT2D eigenvalue weighted by Crippen LogP contribution is -2.26. The van der Waals surface area contributed by atoms with Crippen LogP contribution in [0, 0.1) is 0 Å². The number of hydrogen-bond acceptors (Lipinski definition) is 1. The molecule has 0 saturated heterocycles. The third-order valence-corrected chi connectivity index (χ3v) is 2.76. The molecular weight excluding hydrogens is 247 g/mol. The van der Waals surface area contributed by atoms with Crippen molar-refractivity contribution in [3.8, 4) is 0 Å². The van der Waals surface area contributed by atoms with E-state index in [-0.39, 0.29) is 6.61 Å². The van der Waals surface area contributed by atoms with Crippen molar-refractivity contribution < 1.29 is 9.50 Å². The molecule has 0 aliphatic heterocycles. The summed E-state index contributed by atoms with van der Waals surface area (Å²) in [5, 5.41) is 9.15. The lowest BCUT2D eigenvalue weighted by atomic mass is 9.87. The molecule has 0 saturated carbocycles. The number of aliphatic hydroxyl groups is 1. The summed E-state index contributed by atoms with van der Waals surface area (Å²) in [7, 11) is 0. The summed E-state index contributed by atoms with van der Waals surface area (Å²) in [6.45, 7) is 2.78. The van der Waals surface area contributed by atoms with Crippen LogP contribution in [-0.2, 0) is 0 Å². The van der Waals surface area contributed by atoms with Crippen LogP contribution in [0.3, 0.4) is 0 Å². The van der Waals surface area contributed by atoms with E-state index in [1.165, 1.54) is 13.8 Å². The average Bonchev–Trinajstić information content (AvgIpc) is 2.02. The van der Waals surface area contributed by atoms with Gasteiger partial charge in [-0.2, -0.15) is 0 Å². The summed E-state index contributed by atoms with van der Waals surface area (Å²) in [4.78, 5) is 0. The first-order valence-corrected chi connectivity index (χ1v) is 5.29. The highest BCUT2D eigenvalue weighted by molar-refractivity contribution is 9.10. The average molecular weight is 261 g/mol. The van der Waals surface area contributed by atoms with Crippen molar-refractivity contribution in [3.05, 3.63) is 34.3 Å². The zero-order chi connectivity index (χ0) is 10.8. The minimum Gasteiger partial charge on any atom is -0.396 e. The van der Waals surface area contributed by atoms with E-state index in [9.17, 15) is 4.39 Å². The quantitative estimate of drug-likeness (QED) is 0.885. The van der Waals surface area contributed by atoms with Crippen molar-refractivity contribution in [1.82, 2.24) is 0 Å². The molecule has 1 unspecified atom stereocenters. The van der Waals surface area contributed by atoms with Crippen molar-refractivity contribution in [2.24, 2.45) is 0 Å². The van der Waals surface area contributed by atoms with E-state index in [1.807, 2.05) is 24.3 Å². The molecule has 1 aromatic carbocycles. The van der Waals surface area contributed by atoms with E-state index in [0.717, 1.165) is 10.0 Å². The lowest BCUT2D eigenvalue weighted by Gasteiger charge is -2.25. The molecule has 0 aliphatic rings. The summed E-state index contributed by atoms with van der Waals surface area (Å²) in [5.41, 5.74) is -0.593. The Bertz CT molecular complexity index is 306. The van der Waals surface area contributed by atoms with Gasteiger partial charge < -0.3 is 5.11 Å². The van der Waals surface area contributed by atoms with Gasteiger partial charge in [-0.05, 0) is 31.5 Å². The SMILES string of the molecule is CC(C)(F)C(CO)c1cccc(Br)c1. The number of alkyl halides is 1. The minimum absolute atomic E-state index is 0.181. The first-order valence-electron chi connectivity index (χ1n) is 4.50. The van der Waals surface area contributed by atoms with E-state index in [4.69, 9.17) is 5.11 Å². The van der Waals surface area contributed by atoms with Crippen molar-refractivity contribution in [2.75, 3.05) is 6.61 Å². The molecule has 1 nitrogen and oxygen atoms in total. The van der Waals surface area contributed by atoms with Crippen LogP contribution in [0.4, 0.5) is 4.39 Å². The second-order valence-corrected chi connectivity index (χ2v) is 4.77. The molecule has 0 spiro atoms. The van der Waals surface area contributed by atoms with Gasteiger partial charge in [0.15, 0.2) is 0 Å². The van der Waals surface area contributed by atoms with Gasteiger partial charge in [-0.1, -0.05) is 28.1 Å². The Labute approximate surface area is 92.1 Å². The normalized spacial score (nSPS) is 14.1. The van der Waals surface area contributed by atoms with Crippen LogP contribution < -0.4 is 0 Å². The highest BCUT2D eigenvalue weighted by Crippen LogP contribution is 2.31. The Morgan fingerprint density at radius 2 is 2.14 bits per heavy atom. The molecular formula is C11H14BrFO. The van der Waals surface area contributed by atoms with E-state index < -0.39 is 11.6 Å². The molecule has 0 radical (unpaired) electrons. The van der Waals surface area contributed by atoms with Crippen LogP contribution in [0.5, 0.6) is 0 Å². The first kappa shape index (κ1) is 11.7. The predicted molar refractivity (Wildman–Crippen MR) is 59.2 cm³/mol. The van der Waals surface area contributed by atoms with Crippen LogP contribution in [-0.4, -0.2) is 17.4 Å². The second kappa shape index (κ2) is 4.41. The van der Waals surface area contributed by atoms with E-state index in [1.54, 1.807) is 0 Å². The first-order chi connectivity index (χ1) is 6.45. The molecule has 0 bridgehead atoms. The van der Waals surface area contributed by atoms with Crippen molar-refractivity contribution >= 4 is 15.9 Å². The fraction of sp³-hybridized carbons (Fsp3) is 0.455. The summed E-state index contributed by atoms with van der Waals surface area (Å²) >= 11 is 3.32. The summed E-state index contributed by atoms with van der Waals surface area (Å²) in [6, 6.07) is 7.38. The Morgan fingerprint density at radius 3 is 2.57 bits per heavy atom. The van der Waals surface area contributed by atoms with Gasteiger partial charge in [0.05, 0.1) is 6.61 Å². The number of halogens is 2. The minimum atomic E-state index is -1.41. The maximum atomic E-state index is 13.7. The Hall–Kier alpha value is -0.410. The zero-order valence-electron chi connectivity index (χ0n) is 8.30. The molecule has 0 amide bonds. The van der Waals surface area contributed by atoms with Crippen LogP contribution in [0.1, 0.15) is 25.3 Å². The van der Waals surface area contributed by atoms with Crippen molar-refractivity contribution in [3.63, 3.8) is 0 Å². The van der Waals surface area contributed by atoms with Gasteiger partial charge >= 0.3 is 0 Å². The molecule has 1 N–H and O–H groups in total. The highest BCUT2D eigenvalue weighted by atomic mass is 79.9. The van der Waals surface area contributed by atoms with Gasteiger partial charge in [0.1, 0.15) is 5.67 Å². The summed E-state index contributed by atoms with van der Waals surface area (Å²) in [6.07, 6.45) is 0. The molecule has 0 aromatic heterocycles. The summed E-state index contributed by atoms with van der Waals surface area (Å²) in [5.74, 6) is -0.472. The van der Waals surface area contributed by atoms with Gasteiger partial charge in [-0.3, -0.25) is 0 Å². The zero-order valence-corrected chi connectivity index (χ0v) is 9.88. The van der Waals surface area contributed by atoms with Crippen LogP contribution >= 0.6 is 15.9 Å². The van der Waals surface area contributed by atoms with E-state index >= 15 is 0 Å². The van der Waals surface area contributed by atoms with Crippen molar-refractivity contribution in [2.45, 2.75) is 25.4 Å². The molecule has 0 aliphatic carbocycles. The molecule has 3 heteroatoms. The van der Waals surface area contributed by atoms with Gasteiger partial charge in [0.25, 0.3) is 0 Å². The largest absolute Gasteiger partial charge is 0.396 e. The molecule has 78 valence electrons. The lowest BCUT2D eigenvalue weighted by molar-refractivity contribution is 0.119. The van der Waals surface area contributed by atoms with Gasteiger partial charge in [0, 0.05) is 10.4 Å². The monoisotopic (exact) mass is 260 g/mol. The molecule has 1 aromatic rings. The number of aliphatic hydroxyl groups excluding tert-OH is 1.